The lowest BCUT2D eigenvalue weighted by atomic mass is 9.78. The molecule has 0 spiro atoms. The van der Waals surface area contributed by atoms with E-state index in [4.69, 9.17) is 0 Å². The molecule has 2 N–H and O–H groups in total. The van der Waals surface area contributed by atoms with Crippen molar-refractivity contribution in [2.24, 2.45) is 0 Å². The fourth-order valence-corrected chi connectivity index (χ4v) is 2.33. The molecule has 0 aliphatic carbocycles. The van der Waals surface area contributed by atoms with Crippen molar-refractivity contribution in [2.75, 3.05) is 14.1 Å². The average Bonchev–Trinajstić information content (AvgIpc) is 2.19. The third kappa shape index (κ3) is 3.45. The van der Waals surface area contributed by atoms with Crippen LogP contribution in [-0.2, 0) is 17.4 Å². The average molecular weight is 279 g/mol. The summed E-state index contributed by atoms with van der Waals surface area (Å²) in [5.41, 5.74) is 2.05. The minimum absolute atomic E-state index is 0.168. The summed E-state index contributed by atoms with van der Waals surface area (Å²) >= 11 is 0. The summed E-state index contributed by atoms with van der Waals surface area (Å²) in [6.45, 7) is 13.0. The maximum absolute atomic E-state index is 10.6. The van der Waals surface area contributed by atoms with Gasteiger partial charge in [0.05, 0.1) is 5.56 Å². The highest BCUT2D eigenvalue weighted by Gasteiger charge is 2.29. The van der Waals surface area contributed by atoms with E-state index in [1.807, 2.05) is 25.1 Å². The van der Waals surface area contributed by atoms with Gasteiger partial charge in [-0.25, -0.2) is 0 Å². The lowest BCUT2D eigenvalue weighted by molar-refractivity contribution is 0.357. The smallest absolute Gasteiger partial charge is 0.127 e. The molecule has 0 radical (unpaired) electrons. The molecule has 20 heavy (non-hydrogen) atoms. The zero-order valence-corrected chi connectivity index (χ0v) is 14.1. The first-order chi connectivity index (χ1) is 8.85. The Morgan fingerprint density at radius 1 is 0.850 bits per heavy atom. The number of phenols is 2. The van der Waals surface area contributed by atoms with Crippen molar-refractivity contribution < 1.29 is 10.2 Å². The molecule has 0 heterocycles. The Balaban J connectivity index is 3.66. The molecule has 0 fully saturated rings. The van der Waals surface area contributed by atoms with Gasteiger partial charge in [-0.1, -0.05) is 41.5 Å². The molecule has 0 aromatic heterocycles. The first-order valence-electron chi connectivity index (χ1n) is 7.09. The second-order valence-corrected chi connectivity index (χ2v) is 7.89. The Morgan fingerprint density at radius 2 is 1.20 bits per heavy atom. The number of benzene rings is 1. The highest BCUT2D eigenvalue weighted by Crippen LogP contribution is 2.44. The van der Waals surface area contributed by atoms with Gasteiger partial charge in [0.15, 0.2) is 0 Å². The van der Waals surface area contributed by atoms with E-state index >= 15 is 0 Å². The van der Waals surface area contributed by atoms with E-state index in [2.05, 4.69) is 41.5 Å². The van der Waals surface area contributed by atoms with Crippen molar-refractivity contribution in [3.05, 3.63) is 22.8 Å². The van der Waals surface area contributed by atoms with E-state index < -0.39 is 0 Å². The molecule has 0 atom stereocenters. The van der Waals surface area contributed by atoms with Crippen molar-refractivity contribution in [3.63, 3.8) is 0 Å². The van der Waals surface area contributed by atoms with Crippen molar-refractivity contribution in [1.82, 2.24) is 4.90 Å². The monoisotopic (exact) mass is 279 g/mol. The predicted octanol–water partition coefficient (Wildman–Crippen LogP) is 3.75. The van der Waals surface area contributed by atoms with Gasteiger partial charge < -0.3 is 15.1 Å². The standard InChI is InChI=1S/C17H29NO2/c1-16(2,3)12-9-13(17(4,5)6)15(20)11(14(12)19)10-18(7)8/h9,19-20H,10H2,1-8H3. The van der Waals surface area contributed by atoms with Gasteiger partial charge in [0.1, 0.15) is 11.5 Å². The number of phenolic OH excluding ortho intramolecular Hbond substituents is 2. The molecule has 0 saturated carbocycles. The second kappa shape index (κ2) is 5.28. The first kappa shape index (κ1) is 16.8. The molecule has 3 heteroatoms. The number of aromatic hydroxyl groups is 2. The third-order valence-electron chi connectivity index (χ3n) is 3.46. The van der Waals surface area contributed by atoms with E-state index in [0.29, 0.717) is 12.1 Å². The summed E-state index contributed by atoms with van der Waals surface area (Å²) in [6, 6.07) is 1.95. The molecule has 1 rings (SSSR count). The number of rotatable bonds is 2. The Labute approximate surface area is 123 Å². The predicted molar refractivity (Wildman–Crippen MR) is 84.6 cm³/mol. The number of hydrogen-bond acceptors (Lipinski definition) is 3. The minimum atomic E-state index is -0.168. The van der Waals surface area contributed by atoms with E-state index in [-0.39, 0.29) is 22.3 Å². The van der Waals surface area contributed by atoms with Crippen LogP contribution in [0.5, 0.6) is 11.5 Å². The summed E-state index contributed by atoms with van der Waals surface area (Å²) < 4.78 is 0. The van der Waals surface area contributed by atoms with Crippen LogP contribution in [-0.4, -0.2) is 29.2 Å². The van der Waals surface area contributed by atoms with Gasteiger partial charge >= 0.3 is 0 Å². The second-order valence-electron chi connectivity index (χ2n) is 7.89. The van der Waals surface area contributed by atoms with Gasteiger partial charge in [-0.05, 0) is 31.0 Å². The van der Waals surface area contributed by atoms with Gasteiger partial charge in [0.2, 0.25) is 0 Å². The van der Waals surface area contributed by atoms with Crippen LogP contribution >= 0.6 is 0 Å². The Kier molecular flexibility index (Phi) is 4.45. The molecule has 1 aromatic carbocycles. The van der Waals surface area contributed by atoms with E-state index in [0.717, 1.165) is 11.1 Å². The summed E-state index contributed by atoms with van der Waals surface area (Å²) in [7, 11) is 3.86. The van der Waals surface area contributed by atoms with Crippen molar-refractivity contribution in [1.29, 1.82) is 0 Å². The summed E-state index contributed by atoms with van der Waals surface area (Å²) in [4.78, 5) is 1.95. The van der Waals surface area contributed by atoms with Gasteiger partial charge in [-0.3, -0.25) is 0 Å². The molecule has 0 saturated heterocycles. The minimum Gasteiger partial charge on any atom is -0.507 e. The quantitative estimate of drug-likeness (QED) is 0.866. The topological polar surface area (TPSA) is 43.7 Å². The fourth-order valence-electron chi connectivity index (χ4n) is 2.33. The summed E-state index contributed by atoms with van der Waals surface area (Å²) in [6.07, 6.45) is 0. The van der Waals surface area contributed by atoms with Crippen LogP contribution in [0, 0.1) is 0 Å². The van der Waals surface area contributed by atoms with Crippen molar-refractivity contribution in [3.8, 4) is 11.5 Å². The van der Waals surface area contributed by atoms with Crippen LogP contribution in [0.1, 0.15) is 58.2 Å². The normalized spacial score (nSPS) is 13.1. The lowest BCUT2D eigenvalue weighted by Gasteiger charge is -2.29. The highest BCUT2D eigenvalue weighted by atomic mass is 16.3. The molecule has 0 aliphatic heterocycles. The van der Waals surface area contributed by atoms with Crippen LogP contribution in [0.25, 0.3) is 0 Å². The van der Waals surface area contributed by atoms with Crippen LogP contribution in [0.2, 0.25) is 0 Å². The van der Waals surface area contributed by atoms with Crippen LogP contribution < -0.4 is 0 Å². The SMILES string of the molecule is CN(C)Cc1c(O)c(C(C)(C)C)cc(C(C)(C)C)c1O. The maximum atomic E-state index is 10.6. The maximum Gasteiger partial charge on any atom is 0.127 e. The molecule has 0 amide bonds. The Bertz CT molecular complexity index is 453. The summed E-state index contributed by atoms with van der Waals surface area (Å²) in [5.74, 6) is 0.438. The molecule has 0 aliphatic rings. The molecule has 1 aromatic rings. The molecule has 114 valence electrons. The van der Waals surface area contributed by atoms with Crippen LogP contribution in [0.4, 0.5) is 0 Å². The molecule has 0 bridgehead atoms. The fraction of sp³-hybridized carbons (Fsp3) is 0.647. The third-order valence-corrected chi connectivity index (χ3v) is 3.46. The van der Waals surface area contributed by atoms with E-state index in [1.54, 1.807) is 0 Å². The molecular weight excluding hydrogens is 250 g/mol. The summed E-state index contributed by atoms with van der Waals surface area (Å²) in [5, 5.41) is 21.1. The van der Waals surface area contributed by atoms with Crippen LogP contribution in [0.3, 0.4) is 0 Å². The van der Waals surface area contributed by atoms with Gasteiger partial charge in [0, 0.05) is 17.7 Å². The first-order valence-corrected chi connectivity index (χ1v) is 7.09. The number of nitrogens with zero attached hydrogens (tertiary/aromatic N) is 1. The van der Waals surface area contributed by atoms with Gasteiger partial charge in [-0.15, -0.1) is 0 Å². The number of hydrogen-bond donors (Lipinski definition) is 2. The van der Waals surface area contributed by atoms with Crippen molar-refractivity contribution in [2.45, 2.75) is 58.9 Å². The largest absolute Gasteiger partial charge is 0.507 e. The Morgan fingerprint density at radius 3 is 1.45 bits per heavy atom. The van der Waals surface area contributed by atoms with Gasteiger partial charge in [-0.2, -0.15) is 0 Å². The van der Waals surface area contributed by atoms with E-state index in [9.17, 15) is 10.2 Å². The van der Waals surface area contributed by atoms with E-state index in [1.165, 1.54) is 0 Å². The Hall–Kier alpha value is -1.22. The molecular formula is C17H29NO2. The lowest BCUT2D eigenvalue weighted by Crippen LogP contribution is -2.20. The highest BCUT2D eigenvalue weighted by molar-refractivity contribution is 5.57. The zero-order valence-electron chi connectivity index (χ0n) is 14.1. The van der Waals surface area contributed by atoms with Crippen molar-refractivity contribution >= 4 is 0 Å². The molecule has 0 unspecified atom stereocenters. The molecule has 3 nitrogen and oxygen atoms in total. The van der Waals surface area contributed by atoms with Crippen LogP contribution in [0.15, 0.2) is 6.07 Å². The zero-order chi connectivity index (χ0) is 15.9. The van der Waals surface area contributed by atoms with Gasteiger partial charge in [0.25, 0.3) is 0 Å².